The first-order valence-corrected chi connectivity index (χ1v) is 14.9. The highest BCUT2D eigenvalue weighted by Crippen LogP contribution is 2.26. The third-order valence-electron chi connectivity index (χ3n) is 7.90. The van der Waals surface area contributed by atoms with Crippen molar-refractivity contribution in [1.29, 1.82) is 0 Å². The van der Waals surface area contributed by atoms with Gasteiger partial charge in [-0.05, 0) is 82.2 Å². The minimum absolute atomic E-state index is 0.206. The molecule has 5 aromatic rings. The number of hydrogen-bond donors (Lipinski definition) is 0. The monoisotopic (exact) mass is 538 g/mol. The summed E-state index contributed by atoms with van der Waals surface area (Å²) in [4.78, 5) is 0. The van der Waals surface area contributed by atoms with E-state index in [0.29, 0.717) is 11.5 Å². The Morgan fingerprint density at radius 1 is 0.585 bits per heavy atom. The summed E-state index contributed by atoms with van der Waals surface area (Å²) in [6, 6.07) is 42.2. The molecule has 0 bridgehead atoms. The lowest BCUT2D eigenvalue weighted by atomic mass is 9.93. The Balaban J connectivity index is 1.16. The normalized spacial score (nSPS) is 12.1. The van der Waals surface area contributed by atoms with Gasteiger partial charge in [0.25, 0.3) is 0 Å². The molecule has 0 fully saturated rings. The molecular weight excluding hydrogens is 499 g/mol. The lowest BCUT2D eigenvalue weighted by Gasteiger charge is -2.12. The molecule has 41 heavy (non-hydrogen) atoms. The van der Waals surface area contributed by atoms with E-state index in [0.717, 1.165) is 42.4 Å². The second kappa shape index (κ2) is 13.9. The van der Waals surface area contributed by atoms with Crippen molar-refractivity contribution in [3.05, 3.63) is 166 Å². The van der Waals surface area contributed by atoms with Crippen LogP contribution in [0.4, 0.5) is 4.39 Å². The van der Waals surface area contributed by atoms with Gasteiger partial charge in [-0.15, -0.1) is 0 Å². The highest BCUT2D eigenvalue weighted by atomic mass is 19.1. The molecule has 0 aliphatic carbocycles. The van der Waals surface area contributed by atoms with Gasteiger partial charge in [-0.2, -0.15) is 0 Å². The van der Waals surface area contributed by atoms with Crippen LogP contribution in [-0.2, 0) is 25.7 Å². The van der Waals surface area contributed by atoms with Crippen LogP contribution in [0.5, 0.6) is 0 Å². The average molecular weight is 539 g/mol. The van der Waals surface area contributed by atoms with Gasteiger partial charge < -0.3 is 0 Å². The van der Waals surface area contributed by atoms with E-state index in [2.05, 4.69) is 117 Å². The second-order valence-electron chi connectivity index (χ2n) is 11.1. The van der Waals surface area contributed by atoms with Crippen molar-refractivity contribution in [1.82, 2.24) is 0 Å². The minimum Gasteiger partial charge on any atom is -0.206 e. The first kappa shape index (κ1) is 28.3. The highest BCUT2D eigenvalue weighted by molar-refractivity contribution is 5.72. The Hall–Kier alpha value is -4.23. The van der Waals surface area contributed by atoms with Crippen LogP contribution in [0, 0.1) is 5.82 Å². The van der Waals surface area contributed by atoms with Gasteiger partial charge in [-0.1, -0.05) is 148 Å². The van der Waals surface area contributed by atoms with Crippen molar-refractivity contribution in [3.63, 3.8) is 0 Å². The number of rotatable bonds is 11. The zero-order valence-electron chi connectivity index (χ0n) is 24.2. The fourth-order valence-corrected chi connectivity index (χ4v) is 5.36. The summed E-state index contributed by atoms with van der Waals surface area (Å²) < 4.78 is 15.0. The zero-order chi connectivity index (χ0) is 28.4. The number of hydrogen-bond acceptors (Lipinski definition) is 0. The molecule has 0 aliphatic heterocycles. The van der Waals surface area contributed by atoms with E-state index >= 15 is 4.39 Å². The van der Waals surface area contributed by atoms with Gasteiger partial charge in [0.1, 0.15) is 5.82 Å². The largest absolute Gasteiger partial charge is 0.206 e. The number of aryl methyl sites for hydroxylation is 3. The third kappa shape index (κ3) is 7.92. The topological polar surface area (TPSA) is 0 Å². The highest BCUT2D eigenvalue weighted by Gasteiger charge is 2.08. The van der Waals surface area contributed by atoms with Gasteiger partial charge in [0.05, 0.1) is 0 Å². The molecule has 1 heteroatoms. The first-order chi connectivity index (χ1) is 20.1. The van der Waals surface area contributed by atoms with Gasteiger partial charge in [0, 0.05) is 5.56 Å². The Labute approximate surface area is 245 Å². The molecule has 0 N–H and O–H groups in total. The molecule has 0 heterocycles. The van der Waals surface area contributed by atoms with Crippen LogP contribution in [0.15, 0.2) is 121 Å². The van der Waals surface area contributed by atoms with E-state index < -0.39 is 0 Å². The predicted octanol–water partition coefficient (Wildman–Crippen LogP) is 10.7. The van der Waals surface area contributed by atoms with Crippen LogP contribution < -0.4 is 0 Å². The van der Waals surface area contributed by atoms with Crippen molar-refractivity contribution >= 4 is 12.2 Å². The summed E-state index contributed by atoms with van der Waals surface area (Å²) >= 11 is 0. The maximum atomic E-state index is 15.0. The molecule has 0 saturated heterocycles. The molecule has 0 saturated carbocycles. The quantitative estimate of drug-likeness (QED) is 0.147. The maximum Gasteiger partial charge on any atom is 0.131 e. The van der Waals surface area contributed by atoms with Crippen molar-refractivity contribution in [2.75, 3.05) is 0 Å². The summed E-state index contributed by atoms with van der Waals surface area (Å²) in [5.74, 6) is 0.247. The SMILES string of the molecule is CCCc1ccc(CCc2ccc(C=Cc3ccc(-c4ccc(C[C@H](C)c5ccccc5)cc4)cc3F)cc2)cc1. The average Bonchev–Trinajstić information content (AvgIpc) is 3.01. The fourth-order valence-electron chi connectivity index (χ4n) is 5.36. The van der Waals surface area contributed by atoms with Crippen molar-refractivity contribution in [2.24, 2.45) is 0 Å². The molecule has 0 spiro atoms. The molecule has 0 aliphatic rings. The van der Waals surface area contributed by atoms with Crippen LogP contribution in [0.1, 0.15) is 65.1 Å². The molecule has 0 nitrogen and oxygen atoms in total. The van der Waals surface area contributed by atoms with E-state index in [9.17, 15) is 0 Å². The molecule has 206 valence electrons. The Morgan fingerprint density at radius 3 is 1.76 bits per heavy atom. The van der Waals surface area contributed by atoms with Crippen molar-refractivity contribution < 1.29 is 4.39 Å². The number of halogens is 1. The Morgan fingerprint density at radius 2 is 1.15 bits per heavy atom. The van der Waals surface area contributed by atoms with Crippen LogP contribution in [0.3, 0.4) is 0 Å². The maximum absolute atomic E-state index is 15.0. The molecule has 0 amide bonds. The van der Waals surface area contributed by atoms with Crippen LogP contribution in [-0.4, -0.2) is 0 Å². The van der Waals surface area contributed by atoms with Gasteiger partial charge in [0.2, 0.25) is 0 Å². The molecule has 0 radical (unpaired) electrons. The minimum atomic E-state index is -0.206. The summed E-state index contributed by atoms with van der Waals surface area (Å²) in [5.41, 5.74) is 10.3. The predicted molar refractivity (Wildman–Crippen MR) is 174 cm³/mol. The molecule has 5 rings (SSSR count). The summed E-state index contributed by atoms with van der Waals surface area (Å²) in [7, 11) is 0. The van der Waals surface area contributed by atoms with Crippen LogP contribution >= 0.6 is 0 Å². The fraction of sp³-hybridized carbons (Fsp3) is 0.200. The van der Waals surface area contributed by atoms with Crippen molar-refractivity contribution in [3.8, 4) is 11.1 Å². The van der Waals surface area contributed by atoms with Crippen LogP contribution in [0.25, 0.3) is 23.3 Å². The van der Waals surface area contributed by atoms with E-state index in [-0.39, 0.29) is 5.82 Å². The number of benzene rings is 5. The molecular formula is C40H39F. The van der Waals surface area contributed by atoms with Gasteiger partial charge in [-0.3, -0.25) is 0 Å². The van der Waals surface area contributed by atoms with E-state index in [1.807, 2.05) is 24.3 Å². The summed E-state index contributed by atoms with van der Waals surface area (Å²) in [5, 5.41) is 0. The molecule has 1 atom stereocenters. The Bertz CT molecular complexity index is 1540. The second-order valence-corrected chi connectivity index (χ2v) is 11.1. The van der Waals surface area contributed by atoms with Crippen LogP contribution in [0.2, 0.25) is 0 Å². The summed E-state index contributed by atoms with van der Waals surface area (Å²) in [6.07, 6.45) is 9.21. The smallest absolute Gasteiger partial charge is 0.131 e. The third-order valence-corrected chi connectivity index (χ3v) is 7.90. The van der Waals surface area contributed by atoms with E-state index in [4.69, 9.17) is 0 Å². The zero-order valence-corrected chi connectivity index (χ0v) is 24.2. The standard InChI is InChI=1S/C40H39F/c1-3-7-31-10-12-32(13-11-31)14-15-33-16-18-34(19-17-33)20-25-38-26-27-39(29-40(38)41)37-23-21-35(22-24-37)28-30(2)36-8-5-4-6-9-36/h4-6,8-13,16-27,29-30H,3,7,14-15,28H2,1-2H3/t30-/m0/s1. The van der Waals surface area contributed by atoms with Gasteiger partial charge in [0.15, 0.2) is 0 Å². The Kier molecular flexibility index (Phi) is 9.60. The van der Waals surface area contributed by atoms with E-state index in [1.54, 1.807) is 6.07 Å². The van der Waals surface area contributed by atoms with Gasteiger partial charge >= 0.3 is 0 Å². The first-order valence-electron chi connectivity index (χ1n) is 14.9. The lowest BCUT2D eigenvalue weighted by molar-refractivity contribution is 0.625. The summed E-state index contributed by atoms with van der Waals surface area (Å²) in [6.45, 7) is 4.47. The van der Waals surface area contributed by atoms with Crippen molar-refractivity contribution in [2.45, 2.75) is 51.9 Å². The van der Waals surface area contributed by atoms with Gasteiger partial charge in [-0.25, -0.2) is 4.39 Å². The van der Waals surface area contributed by atoms with E-state index in [1.165, 1.54) is 34.2 Å². The molecule has 5 aromatic carbocycles. The molecule has 0 unspecified atom stereocenters. The lowest BCUT2D eigenvalue weighted by Crippen LogP contribution is -1.98. The molecule has 0 aromatic heterocycles.